The van der Waals surface area contributed by atoms with Gasteiger partial charge in [-0.15, -0.1) is 0 Å². The molecule has 13 heteroatoms. The summed E-state index contributed by atoms with van der Waals surface area (Å²) in [7, 11) is -1.81. The molecule has 3 heterocycles. The normalized spacial score (nSPS) is 24.9. The van der Waals surface area contributed by atoms with Crippen LogP contribution in [0.1, 0.15) is 50.5 Å². The minimum atomic E-state index is -3.19. The second kappa shape index (κ2) is 16.0. The van der Waals surface area contributed by atoms with Crippen molar-refractivity contribution in [3.63, 3.8) is 0 Å². The summed E-state index contributed by atoms with van der Waals surface area (Å²) in [4.78, 5) is 33.4. The highest BCUT2D eigenvalue weighted by atomic mass is 32.2. The SMILES string of the molecule is COC(=O)N[C@H]1CCC[C@@H]1[C@](CNC(=O)CN1CCOCC1)(c1cccc(F)c1)C1CCN(CC2CN(c3ccc(S(=O)(=O)C4CC4)cc3)C2)CC1. The molecule has 11 nitrogen and oxygen atoms in total. The van der Waals surface area contributed by atoms with E-state index in [9.17, 15) is 18.0 Å². The summed E-state index contributed by atoms with van der Waals surface area (Å²) in [5, 5.41) is 6.22. The Morgan fingerprint density at radius 3 is 2.35 bits per heavy atom. The molecule has 0 spiro atoms. The van der Waals surface area contributed by atoms with Crippen LogP contribution in [0.5, 0.6) is 0 Å². The van der Waals surface area contributed by atoms with Crippen LogP contribution in [0.4, 0.5) is 14.9 Å². The number of carbonyl (C=O) groups is 2. The number of nitrogens with one attached hydrogen (secondary N) is 2. The molecule has 2 saturated carbocycles. The molecule has 52 heavy (non-hydrogen) atoms. The second-order valence-corrected chi connectivity index (χ2v) is 17.8. The van der Waals surface area contributed by atoms with Gasteiger partial charge in [0.25, 0.3) is 0 Å². The molecule has 7 rings (SSSR count). The molecular formula is C39H54FN5O6S. The first kappa shape index (κ1) is 37.1. The lowest BCUT2D eigenvalue weighted by atomic mass is 9.58. The predicted octanol–water partition coefficient (Wildman–Crippen LogP) is 3.82. The maximum atomic E-state index is 15.1. The third kappa shape index (κ3) is 8.12. The Hall–Kier alpha value is -3.26. The van der Waals surface area contributed by atoms with Crippen LogP contribution in [-0.2, 0) is 29.5 Å². The quantitative estimate of drug-likeness (QED) is 0.316. The topological polar surface area (TPSA) is 121 Å². The summed E-state index contributed by atoms with van der Waals surface area (Å²) >= 11 is 0. The number of anilines is 1. The van der Waals surface area contributed by atoms with Gasteiger partial charge in [-0.25, -0.2) is 17.6 Å². The Kier molecular flexibility index (Phi) is 11.4. The maximum Gasteiger partial charge on any atom is 0.407 e. The lowest BCUT2D eigenvalue weighted by Crippen LogP contribution is -2.59. The number of halogens is 1. The van der Waals surface area contributed by atoms with E-state index in [1.165, 1.54) is 13.2 Å². The van der Waals surface area contributed by atoms with Crippen molar-refractivity contribution in [2.75, 3.05) is 84.1 Å². The van der Waals surface area contributed by atoms with Crippen LogP contribution in [0.15, 0.2) is 53.4 Å². The van der Waals surface area contributed by atoms with Gasteiger partial charge in [-0.2, -0.15) is 0 Å². The van der Waals surface area contributed by atoms with Gasteiger partial charge >= 0.3 is 6.09 Å². The minimum absolute atomic E-state index is 0.0144. The van der Waals surface area contributed by atoms with Crippen LogP contribution < -0.4 is 15.5 Å². The van der Waals surface area contributed by atoms with Crippen LogP contribution in [-0.4, -0.2) is 121 Å². The molecule has 3 aliphatic heterocycles. The van der Waals surface area contributed by atoms with E-state index >= 15 is 4.39 Å². The van der Waals surface area contributed by atoms with E-state index in [0.717, 1.165) is 88.9 Å². The van der Waals surface area contributed by atoms with Crippen molar-refractivity contribution in [2.24, 2.45) is 17.8 Å². The van der Waals surface area contributed by atoms with Gasteiger partial charge in [0.2, 0.25) is 5.91 Å². The summed E-state index contributed by atoms with van der Waals surface area (Å²) in [6.45, 7) is 7.95. The van der Waals surface area contributed by atoms with Gasteiger partial charge in [-0.05, 0) is 105 Å². The number of carbonyl (C=O) groups excluding carboxylic acids is 2. The van der Waals surface area contributed by atoms with Crippen molar-refractivity contribution < 1.29 is 31.9 Å². The highest BCUT2D eigenvalue weighted by Gasteiger charge is 2.52. The van der Waals surface area contributed by atoms with Crippen molar-refractivity contribution in [1.82, 2.24) is 20.4 Å². The fraction of sp³-hybridized carbons (Fsp3) is 0.641. The highest BCUT2D eigenvalue weighted by molar-refractivity contribution is 7.92. The molecule has 0 bridgehead atoms. The summed E-state index contributed by atoms with van der Waals surface area (Å²) in [5.41, 5.74) is 1.35. The van der Waals surface area contributed by atoms with Gasteiger partial charge in [0.05, 0.1) is 37.0 Å². The standard InChI is InChI=1S/C39H54FN5O6S/c1-50-38(47)42-36-7-3-6-35(36)39(30-4-2-5-31(40)22-30,27-41-37(46)26-44-18-20-51-21-19-44)29-14-16-43(17-15-29)23-28-24-45(25-28)32-8-10-33(11-9-32)52(48,49)34-12-13-34/h2,4-5,8-11,22,28-29,34-36H,3,6-7,12-21,23-27H2,1H3,(H,41,46)(H,42,47)/t35-,36-,39-/m0/s1. The number of morpholine rings is 1. The first-order valence-corrected chi connectivity index (χ1v) is 20.7. The van der Waals surface area contributed by atoms with E-state index in [4.69, 9.17) is 9.47 Å². The van der Waals surface area contributed by atoms with E-state index < -0.39 is 21.3 Å². The molecule has 0 unspecified atom stereocenters. The number of alkyl carbamates (subject to hydrolysis) is 1. The fourth-order valence-electron chi connectivity index (χ4n) is 9.44. The summed E-state index contributed by atoms with van der Waals surface area (Å²) < 4.78 is 50.8. The number of ether oxygens (including phenoxy) is 2. The van der Waals surface area contributed by atoms with Crippen LogP contribution in [0.2, 0.25) is 0 Å². The Labute approximate surface area is 307 Å². The summed E-state index contributed by atoms with van der Waals surface area (Å²) in [6.07, 6.45) is 5.43. The van der Waals surface area contributed by atoms with Gasteiger partial charge in [-0.3, -0.25) is 9.69 Å². The van der Waals surface area contributed by atoms with Gasteiger partial charge < -0.3 is 29.9 Å². The monoisotopic (exact) mass is 739 g/mol. The molecule has 0 radical (unpaired) electrons. The van der Waals surface area contributed by atoms with Crippen molar-refractivity contribution in [1.29, 1.82) is 0 Å². The third-order valence-electron chi connectivity index (χ3n) is 12.4. The third-order valence-corrected chi connectivity index (χ3v) is 14.6. The van der Waals surface area contributed by atoms with E-state index in [1.54, 1.807) is 24.3 Å². The van der Waals surface area contributed by atoms with E-state index in [2.05, 4.69) is 25.3 Å². The van der Waals surface area contributed by atoms with E-state index in [0.29, 0.717) is 43.7 Å². The molecule has 5 fully saturated rings. The number of hydrogen-bond acceptors (Lipinski definition) is 9. The summed E-state index contributed by atoms with van der Waals surface area (Å²) in [5.74, 6) is 0.303. The molecule has 2 amide bonds. The fourth-order valence-corrected chi connectivity index (χ4v) is 11.1. The molecule has 2 aliphatic carbocycles. The molecule has 284 valence electrons. The first-order valence-electron chi connectivity index (χ1n) is 19.1. The number of piperidine rings is 1. The molecule has 3 atom stereocenters. The smallest absolute Gasteiger partial charge is 0.407 e. The minimum Gasteiger partial charge on any atom is -0.453 e. The number of methoxy groups -OCH3 is 1. The van der Waals surface area contributed by atoms with Crippen LogP contribution in [0, 0.1) is 23.6 Å². The second-order valence-electron chi connectivity index (χ2n) is 15.6. The zero-order valence-electron chi connectivity index (χ0n) is 30.3. The molecule has 2 aromatic carbocycles. The Bertz CT molecular complexity index is 1660. The Morgan fingerprint density at radius 1 is 0.942 bits per heavy atom. The maximum absolute atomic E-state index is 15.1. The molecule has 0 aromatic heterocycles. The molecule has 2 N–H and O–H groups in total. The lowest BCUT2D eigenvalue weighted by molar-refractivity contribution is -0.124. The van der Waals surface area contributed by atoms with Crippen LogP contribution in [0.25, 0.3) is 0 Å². The largest absolute Gasteiger partial charge is 0.453 e. The van der Waals surface area contributed by atoms with Crippen molar-refractivity contribution >= 4 is 27.5 Å². The number of amides is 2. The zero-order valence-corrected chi connectivity index (χ0v) is 31.1. The van der Waals surface area contributed by atoms with Gasteiger partial charge in [0, 0.05) is 62.3 Å². The molecule has 2 aromatic rings. The molecule has 3 saturated heterocycles. The number of sulfone groups is 1. The number of hydrogen-bond donors (Lipinski definition) is 2. The highest BCUT2D eigenvalue weighted by Crippen LogP contribution is 2.50. The van der Waals surface area contributed by atoms with Gasteiger partial charge in [0.1, 0.15) is 5.82 Å². The van der Waals surface area contributed by atoms with Crippen molar-refractivity contribution in [3.05, 3.63) is 59.9 Å². The Balaban J connectivity index is 1.04. The van der Waals surface area contributed by atoms with Gasteiger partial charge in [-0.1, -0.05) is 18.6 Å². The van der Waals surface area contributed by atoms with E-state index in [1.807, 2.05) is 18.2 Å². The number of benzene rings is 2. The van der Waals surface area contributed by atoms with Gasteiger partial charge in [0.15, 0.2) is 9.84 Å². The molecular weight excluding hydrogens is 686 g/mol. The van der Waals surface area contributed by atoms with Crippen LogP contribution in [0.3, 0.4) is 0 Å². The lowest BCUT2D eigenvalue weighted by Gasteiger charge is -2.51. The number of likely N-dealkylation sites (tertiary alicyclic amines) is 1. The van der Waals surface area contributed by atoms with Crippen molar-refractivity contribution in [2.45, 2.75) is 66.5 Å². The molecule has 5 aliphatic rings. The number of rotatable bonds is 13. The Morgan fingerprint density at radius 2 is 1.67 bits per heavy atom. The number of nitrogens with zero attached hydrogens (tertiary/aromatic N) is 3. The average molecular weight is 740 g/mol. The summed E-state index contributed by atoms with van der Waals surface area (Å²) in [6, 6.07) is 14.1. The van der Waals surface area contributed by atoms with E-state index in [-0.39, 0.29) is 41.4 Å². The first-order chi connectivity index (χ1) is 25.2. The predicted molar refractivity (Wildman–Crippen MR) is 197 cm³/mol. The average Bonchev–Trinajstić information content (AvgIpc) is 3.91. The zero-order chi connectivity index (χ0) is 36.3. The van der Waals surface area contributed by atoms with Crippen molar-refractivity contribution in [3.8, 4) is 0 Å². The van der Waals surface area contributed by atoms with Crippen LogP contribution >= 0.6 is 0 Å².